The van der Waals surface area contributed by atoms with E-state index >= 15 is 0 Å². The smallest absolute Gasteiger partial charge is 0.214 e. The third kappa shape index (κ3) is 4.74. The van der Waals surface area contributed by atoms with Gasteiger partial charge in [0, 0.05) is 59.2 Å². The molecule has 1 aliphatic rings. The Bertz CT molecular complexity index is 602. The summed E-state index contributed by atoms with van der Waals surface area (Å²) in [5.74, 6) is 0.589. The van der Waals surface area contributed by atoms with Crippen molar-refractivity contribution >= 4 is 10.0 Å². The molecule has 2 atom stereocenters. The van der Waals surface area contributed by atoms with Gasteiger partial charge in [0.05, 0.1) is 25.0 Å². The zero-order valence-electron chi connectivity index (χ0n) is 13.9. The molecule has 1 saturated heterocycles. The van der Waals surface area contributed by atoms with E-state index in [1.165, 1.54) is 18.4 Å². The van der Waals surface area contributed by atoms with E-state index in [1.807, 2.05) is 15.7 Å². The monoisotopic (exact) mass is 346 g/mol. The van der Waals surface area contributed by atoms with Gasteiger partial charge in [0.15, 0.2) is 0 Å². The van der Waals surface area contributed by atoms with E-state index in [0.29, 0.717) is 26.2 Å². The minimum absolute atomic E-state index is 0.0320. The third-order valence-electron chi connectivity index (χ3n) is 4.17. The SMILES string of the molecule is COCCn1ccnc1CN1C[C@@H](CS(=O)(=O)N(C)C)[C@H](O)C1. The Hall–Kier alpha value is -1.00. The molecule has 0 spiro atoms. The minimum Gasteiger partial charge on any atom is -0.391 e. The lowest BCUT2D eigenvalue weighted by molar-refractivity contribution is 0.147. The number of likely N-dealkylation sites (tertiary alicyclic amines) is 1. The number of rotatable bonds is 8. The summed E-state index contributed by atoms with van der Waals surface area (Å²) in [6.45, 7) is 2.93. The molecule has 0 unspecified atom stereocenters. The Labute approximate surface area is 137 Å². The Kier molecular flexibility index (Phi) is 6.15. The predicted molar refractivity (Wildman–Crippen MR) is 86.4 cm³/mol. The molecular formula is C14H26N4O4S. The van der Waals surface area contributed by atoms with E-state index in [1.54, 1.807) is 13.3 Å². The van der Waals surface area contributed by atoms with Gasteiger partial charge in [0.2, 0.25) is 10.0 Å². The second-order valence-electron chi connectivity index (χ2n) is 6.11. The first-order valence-electron chi connectivity index (χ1n) is 7.63. The van der Waals surface area contributed by atoms with Crippen molar-refractivity contribution in [2.45, 2.75) is 19.2 Å². The van der Waals surface area contributed by atoms with Gasteiger partial charge in [0.25, 0.3) is 0 Å². The first-order valence-corrected chi connectivity index (χ1v) is 9.24. The molecule has 0 bridgehead atoms. The van der Waals surface area contributed by atoms with Crippen molar-refractivity contribution in [3.05, 3.63) is 18.2 Å². The Morgan fingerprint density at radius 3 is 2.83 bits per heavy atom. The maximum absolute atomic E-state index is 12.0. The van der Waals surface area contributed by atoms with Gasteiger partial charge in [-0.3, -0.25) is 4.90 Å². The highest BCUT2D eigenvalue weighted by molar-refractivity contribution is 7.89. The maximum Gasteiger partial charge on any atom is 0.214 e. The van der Waals surface area contributed by atoms with Gasteiger partial charge >= 0.3 is 0 Å². The fourth-order valence-corrected chi connectivity index (χ4v) is 3.91. The summed E-state index contributed by atoms with van der Waals surface area (Å²) in [6, 6.07) is 0. The summed E-state index contributed by atoms with van der Waals surface area (Å²) >= 11 is 0. The van der Waals surface area contributed by atoms with Gasteiger partial charge in [-0.15, -0.1) is 0 Å². The molecular weight excluding hydrogens is 320 g/mol. The lowest BCUT2D eigenvalue weighted by Crippen LogP contribution is -2.33. The molecule has 0 saturated carbocycles. The number of imidazole rings is 1. The largest absolute Gasteiger partial charge is 0.391 e. The lowest BCUT2D eigenvalue weighted by atomic mass is 10.1. The fourth-order valence-electron chi connectivity index (χ4n) is 2.74. The first-order chi connectivity index (χ1) is 10.8. The zero-order chi connectivity index (χ0) is 17.0. The van der Waals surface area contributed by atoms with Crippen LogP contribution in [0.5, 0.6) is 0 Å². The van der Waals surface area contributed by atoms with Crippen LogP contribution in [0.25, 0.3) is 0 Å². The second kappa shape index (κ2) is 7.71. The molecule has 1 aliphatic heterocycles. The third-order valence-corrected chi connectivity index (χ3v) is 6.13. The molecule has 8 nitrogen and oxygen atoms in total. The van der Waals surface area contributed by atoms with Crippen LogP contribution in [0.2, 0.25) is 0 Å². The van der Waals surface area contributed by atoms with Crippen molar-refractivity contribution in [1.82, 2.24) is 18.8 Å². The van der Waals surface area contributed by atoms with Gasteiger partial charge in [-0.1, -0.05) is 0 Å². The number of hydrogen-bond acceptors (Lipinski definition) is 6. The molecule has 0 aromatic carbocycles. The molecule has 2 rings (SSSR count). The molecule has 1 aromatic rings. The van der Waals surface area contributed by atoms with Gasteiger partial charge in [-0.05, 0) is 0 Å². The van der Waals surface area contributed by atoms with Crippen LogP contribution in [-0.4, -0.2) is 85.0 Å². The standard InChI is InChI=1S/C14H26N4O4S/c1-16(2)23(20,21)11-12-8-17(9-13(12)19)10-14-15-4-5-18(14)6-7-22-3/h4-5,12-13,19H,6-11H2,1-3H3/t12-,13+/m0/s1. The number of β-amino-alcohol motifs (C(OH)–C–C–N with tert-alkyl or cyclic N) is 1. The average molecular weight is 346 g/mol. The van der Waals surface area contributed by atoms with Crippen LogP contribution in [0.3, 0.4) is 0 Å². The molecule has 0 aliphatic carbocycles. The molecule has 1 N–H and O–H groups in total. The first kappa shape index (κ1) is 18.3. The molecule has 1 aromatic heterocycles. The summed E-state index contributed by atoms with van der Waals surface area (Å²) < 4.78 is 32.3. The topological polar surface area (TPSA) is 87.9 Å². The molecule has 1 fully saturated rings. The van der Waals surface area contributed by atoms with Crippen LogP contribution in [0, 0.1) is 5.92 Å². The second-order valence-corrected chi connectivity index (χ2v) is 8.34. The number of sulfonamides is 1. The van der Waals surface area contributed by atoms with Crippen LogP contribution < -0.4 is 0 Å². The number of aliphatic hydroxyl groups is 1. The fraction of sp³-hybridized carbons (Fsp3) is 0.786. The van der Waals surface area contributed by atoms with E-state index in [9.17, 15) is 13.5 Å². The normalized spacial score (nSPS) is 23.0. The molecule has 2 heterocycles. The lowest BCUT2D eigenvalue weighted by Gasteiger charge is -2.18. The molecule has 132 valence electrons. The van der Waals surface area contributed by atoms with Crippen molar-refractivity contribution in [1.29, 1.82) is 0 Å². The van der Waals surface area contributed by atoms with Crippen LogP contribution in [0.15, 0.2) is 12.4 Å². The van der Waals surface area contributed by atoms with Crippen LogP contribution in [0.1, 0.15) is 5.82 Å². The van der Waals surface area contributed by atoms with Crippen molar-refractivity contribution in [2.24, 2.45) is 5.92 Å². The van der Waals surface area contributed by atoms with Gasteiger partial charge in [-0.25, -0.2) is 17.7 Å². The van der Waals surface area contributed by atoms with E-state index in [2.05, 4.69) is 4.98 Å². The quantitative estimate of drug-likeness (QED) is 0.664. The highest BCUT2D eigenvalue weighted by Crippen LogP contribution is 2.21. The zero-order valence-corrected chi connectivity index (χ0v) is 14.7. The van der Waals surface area contributed by atoms with E-state index in [4.69, 9.17) is 4.74 Å². The molecule has 0 amide bonds. The maximum atomic E-state index is 12.0. The Balaban J connectivity index is 1.95. The summed E-state index contributed by atoms with van der Waals surface area (Å²) in [5, 5.41) is 10.2. The highest BCUT2D eigenvalue weighted by Gasteiger charge is 2.35. The average Bonchev–Trinajstić information content (AvgIpc) is 3.04. The van der Waals surface area contributed by atoms with E-state index < -0.39 is 16.1 Å². The number of methoxy groups -OCH3 is 1. The van der Waals surface area contributed by atoms with Crippen molar-refractivity contribution < 1.29 is 18.3 Å². The van der Waals surface area contributed by atoms with Gasteiger partial charge < -0.3 is 14.4 Å². The summed E-state index contributed by atoms with van der Waals surface area (Å²) in [7, 11) is 1.37. The highest BCUT2D eigenvalue weighted by atomic mass is 32.2. The van der Waals surface area contributed by atoms with Crippen LogP contribution in [0.4, 0.5) is 0 Å². The molecule has 23 heavy (non-hydrogen) atoms. The number of aromatic nitrogens is 2. The van der Waals surface area contributed by atoms with Crippen LogP contribution in [-0.2, 0) is 27.8 Å². The summed E-state index contributed by atoms with van der Waals surface area (Å²) in [4.78, 5) is 6.39. The Morgan fingerprint density at radius 1 is 1.43 bits per heavy atom. The van der Waals surface area contributed by atoms with Crippen LogP contribution >= 0.6 is 0 Å². The van der Waals surface area contributed by atoms with E-state index in [-0.39, 0.29) is 11.7 Å². The van der Waals surface area contributed by atoms with Gasteiger partial charge in [0.1, 0.15) is 5.82 Å². The summed E-state index contributed by atoms with van der Waals surface area (Å²) in [6.07, 6.45) is 3.01. The minimum atomic E-state index is -3.31. The van der Waals surface area contributed by atoms with Crippen molar-refractivity contribution in [3.63, 3.8) is 0 Å². The van der Waals surface area contributed by atoms with Crippen molar-refractivity contribution in [3.8, 4) is 0 Å². The van der Waals surface area contributed by atoms with Gasteiger partial charge in [-0.2, -0.15) is 0 Å². The molecule has 0 radical (unpaired) electrons. The van der Waals surface area contributed by atoms with Crippen molar-refractivity contribution in [2.75, 3.05) is 46.7 Å². The molecule has 9 heteroatoms. The number of hydrogen-bond donors (Lipinski definition) is 1. The summed E-state index contributed by atoms with van der Waals surface area (Å²) in [5.41, 5.74) is 0. The van der Waals surface area contributed by atoms with E-state index in [0.717, 1.165) is 12.4 Å². The predicted octanol–water partition coefficient (Wildman–Crippen LogP) is -0.786. The number of nitrogens with zero attached hydrogens (tertiary/aromatic N) is 4. The number of ether oxygens (including phenoxy) is 1. The number of aliphatic hydroxyl groups excluding tert-OH is 1. The Morgan fingerprint density at radius 2 is 2.17 bits per heavy atom.